The van der Waals surface area contributed by atoms with E-state index in [9.17, 15) is 4.79 Å². The average molecular weight is 329 g/mol. The summed E-state index contributed by atoms with van der Waals surface area (Å²) < 4.78 is 12.6. The monoisotopic (exact) mass is 329 g/mol. The topological polar surface area (TPSA) is 65.4 Å². The van der Waals surface area contributed by atoms with Gasteiger partial charge in [-0.25, -0.2) is 4.98 Å². The van der Waals surface area contributed by atoms with Gasteiger partial charge in [-0.15, -0.1) is 0 Å². The first-order valence-corrected chi connectivity index (χ1v) is 8.21. The molecular weight excluding hydrogens is 306 g/mol. The van der Waals surface area contributed by atoms with Gasteiger partial charge in [0, 0.05) is 19.2 Å². The van der Waals surface area contributed by atoms with Gasteiger partial charge in [-0.1, -0.05) is 6.07 Å². The zero-order chi connectivity index (χ0) is 17.1. The zero-order valence-corrected chi connectivity index (χ0v) is 14.3. The summed E-state index contributed by atoms with van der Waals surface area (Å²) in [6.45, 7) is 2.88. The van der Waals surface area contributed by atoms with Crippen molar-refractivity contribution in [1.29, 1.82) is 0 Å². The van der Waals surface area contributed by atoms with Crippen molar-refractivity contribution in [1.82, 2.24) is 14.9 Å². The summed E-state index contributed by atoms with van der Waals surface area (Å²) in [6.07, 6.45) is 5.08. The van der Waals surface area contributed by atoms with E-state index < -0.39 is 0 Å². The van der Waals surface area contributed by atoms with Crippen LogP contribution < -0.4 is 14.8 Å². The standard InChI is InChI=1S/C18H23N3O3/c1-12(13-7-8-15(23-2)16(10-13)24-3)19-18(22)14-11-21-9-5-4-6-17(21)20-14/h7-8,10-12H,4-6,9H2,1-3H3,(H,19,22)/t12-/m1/s1. The lowest BCUT2D eigenvalue weighted by atomic mass is 10.1. The highest BCUT2D eigenvalue weighted by Crippen LogP contribution is 2.30. The number of imidazole rings is 1. The van der Waals surface area contributed by atoms with Crippen LogP contribution in [0, 0.1) is 0 Å². The fraction of sp³-hybridized carbons (Fsp3) is 0.444. The lowest BCUT2D eigenvalue weighted by Gasteiger charge is -2.16. The highest BCUT2D eigenvalue weighted by molar-refractivity contribution is 5.92. The molecule has 3 rings (SSSR count). The Labute approximate surface area is 141 Å². The number of ether oxygens (including phenoxy) is 2. The molecular formula is C18H23N3O3. The number of amides is 1. The summed E-state index contributed by atoms with van der Waals surface area (Å²) in [5, 5.41) is 3.00. The van der Waals surface area contributed by atoms with E-state index in [-0.39, 0.29) is 11.9 Å². The van der Waals surface area contributed by atoms with Crippen LogP contribution >= 0.6 is 0 Å². The molecule has 0 saturated heterocycles. The van der Waals surface area contributed by atoms with Crippen molar-refractivity contribution in [2.75, 3.05) is 14.2 Å². The van der Waals surface area contributed by atoms with Crippen molar-refractivity contribution in [3.05, 3.63) is 41.5 Å². The van der Waals surface area contributed by atoms with E-state index in [1.54, 1.807) is 14.2 Å². The molecule has 1 aromatic carbocycles. The maximum Gasteiger partial charge on any atom is 0.271 e. The van der Waals surface area contributed by atoms with E-state index in [0.29, 0.717) is 17.2 Å². The second-order valence-electron chi connectivity index (χ2n) is 6.00. The predicted molar refractivity (Wildman–Crippen MR) is 90.6 cm³/mol. The van der Waals surface area contributed by atoms with E-state index in [1.807, 2.05) is 31.3 Å². The van der Waals surface area contributed by atoms with E-state index in [1.165, 1.54) is 0 Å². The molecule has 0 fully saturated rings. The van der Waals surface area contributed by atoms with Gasteiger partial charge in [0.05, 0.1) is 20.3 Å². The molecule has 2 aromatic rings. The average Bonchev–Trinajstić information content (AvgIpc) is 3.05. The first-order valence-electron chi connectivity index (χ1n) is 8.21. The third-order valence-corrected chi connectivity index (χ3v) is 4.40. The number of aromatic nitrogens is 2. The minimum absolute atomic E-state index is 0.154. The largest absolute Gasteiger partial charge is 0.493 e. The quantitative estimate of drug-likeness (QED) is 0.916. The number of rotatable bonds is 5. The Morgan fingerprint density at radius 3 is 2.75 bits per heavy atom. The Morgan fingerprint density at radius 1 is 1.25 bits per heavy atom. The van der Waals surface area contributed by atoms with Crippen LogP contribution in [0.1, 0.15) is 47.7 Å². The number of fused-ring (bicyclic) bond motifs is 1. The number of hydrogen-bond donors (Lipinski definition) is 1. The zero-order valence-electron chi connectivity index (χ0n) is 14.3. The maximum absolute atomic E-state index is 12.5. The number of benzene rings is 1. The number of aryl methyl sites for hydroxylation is 2. The van der Waals surface area contributed by atoms with E-state index in [2.05, 4.69) is 14.9 Å². The van der Waals surface area contributed by atoms with Crippen LogP contribution in [0.5, 0.6) is 11.5 Å². The Kier molecular flexibility index (Phi) is 4.74. The Morgan fingerprint density at radius 2 is 2.04 bits per heavy atom. The van der Waals surface area contributed by atoms with Crippen molar-refractivity contribution in [2.24, 2.45) is 0 Å². The number of nitrogens with one attached hydrogen (secondary N) is 1. The molecule has 2 heterocycles. The van der Waals surface area contributed by atoms with E-state index >= 15 is 0 Å². The van der Waals surface area contributed by atoms with Crippen LogP contribution in [0.4, 0.5) is 0 Å². The molecule has 1 amide bonds. The lowest BCUT2D eigenvalue weighted by molar-refractivity contribution is 0.0935. The molecule has 0 aliphatic carbocycles. The number of nitrogens with zero attached hydrogens (tertiary/aromatic N) is 2. The molecule has 0 spiro atoms. The number of methoxy groups -OCH3 is 2. The molecule has 1 N–H and O–H groups in total. The Bertz CT molecular complexity index is 716. The van der Waals surface area contributed by atoms with Crippen molar-refractivity contribution in [3.63, 3.8) is 0 Å². The number of hydrogen-bond acceptors (Lipinski definition) is 4. The molecule has 6 heteroatoms. The smallest absolute Gasteiger partial charge is 0.271 e. The van der Waals surface area contributed by atoms with Crippen molar-refractivity contribution in [2.45, 2.75) is 38.8 Å². The van der Waals surface area contributed by atoms with Crippen LogP contribution in [0.3, 0.4) is 0 Å². The summed E-state index contributed by atoms with van der Waals surface area (Å²) in [7, 11) is 3.20. The predicted octanol–water partition coefficient (Wildman–Crippen LogP) is 2.73. The van der Waals surface area contributed by atoms with Gasteiger partial charge in [-0.2, -0.15) is 0 Å². The first-order chi connectivity index (χ1) is 11.6. The minimum atomic E-state index is -0.156. The molecule has 0 unspecified atom stereocenters. The van der Waals surface area contributed by atoms with Gasteiger partial charge >= 0.3 is 0 Å². The summed E-state index contributed by atoms with van der Waals surface area (Å²) in [5.41, 5.74) is 1.43. The van der Waals surface area contributed by atoms with E-state index in [0.717, 1.165) is 37.2 Å². The number of carbonyl (C=O) groups excluding carboxylic acids is 1. The maximum atomic E-state index is 12.5. The first kappa shape index (κ1) is 16.4. The minimum Gasteiger partial charge on any atom is -0.493 e. The third kappa shape index (κ3) is 3.22. The van der Waals surface area contributed by atoms with Gasteiger partial charge < -0.3 is 19.4 Å². The van der Waals surface area contributed by atoms with E-state index in [4.69, 9.17) is 9.47 Å². The fourth-order valence-electron chi connectivity index (χ4n) is 3.00. The molecule has 0 bridgehead atoms. The Hall–Kier alpha value is -2.50. The number of carbonyl (C=O) groups is 1. The Balaban J connectivity index is 1.73. The second kappa shape index (κ2) is 6.95. The molecule has 1 aliphatic heterocycles. The van der Waals surface area contributed by atoms with Gasteiger partial charge in [0.15, 0.2) is 11.5 Å². The van der Waals surface area contributed by atoms with Crippen molar-refractivity contribution >= 4 is 5.91 Å². The normalized spacial score (nSPS) is 14.6. The molecule has 0 saturated carbocycles. The highest BCUT2D eigenvalue weighted by Gasteiger charge is 2.19. The molecule has 1 aromatic heterocycles. The van der Waals surface area contributed by atoms with Crippen molar-refractivity contribution in [3.8, 4) is 11.5 Å². The third-order valence-electron chi connectivity index (χ3n) is 4.40. The summed E-state index contributed by atoms with van der Waals surface area (Å²) in [5.74, 6) is 2.17. The molecule has 1 aliphatic rings. The fourth-order valence-corrected chi connectivity index (χ4v) is 3.00. The summed E-state index contributed by atoms with van der Waals surface area (Å²) >= 11 is 0. The molecule has 128 valence electrons. The van der Waals surface area contributed by atoms with Gasteiger partial charge in [0.2, 0.25) is 0 Å². The highest BCUT2D eigenvalue weighted by atomic mass is 16.5. The van der Waals surface area contributed by atoms with Crippen LogP contribution in [-0.4, -0.2) is 29.7 Å². The summed E-state index contributed by atoms with van der Waals surface area (Å²) in [4.78, 5) is 16.9. The van der Waals surface area contributed by atoms with Crippen LogP contribution in [0.15, 0.2) is 24.4 Å². The molecule has 6 nitrogen and oxygen atoms in total. The van der Waals surface area contributed by atoms with Gasteiger partial charge in [-0.3, -0.25) is 4.79 Å². The van der Waals surface area contributed by atoms with Crippen LogP contribution in [-0.2, 0) is 13.0 Å². The molecule has 0 radical (unpaired) electrons. The molecule has 1 atom stereocenters. The summed E-state index contributed by atoms with van der Waals surface area (Å²) in [6, 6.07) is 5.48. The SMILES string of the molecule is COc1ccc([C@@H](C)NC(=O)c2cn3c(n2)CCCC3)cc1OC. The van der Waals surface area contributed by atoms with Gasteiger partial charge in [-0.05, 0) is 37.5 Å². The van der Waals surface area contributed by atoms with Gasteiger partial charge in [0.1, 0.15) is 11.5 Å². The van der Waals surface area contributed by atoms with Crippen LogP contribution in [0.2, 0.25) is 0 Å². The second-order valence-corrected chi connectivity index (χ2v) is 6.00. The molecule has 24 heavy (non-hydrogen) atoms. The van der Waals surface area contributed by atoms with Crippen molar-refractivity contribution < 1.29 is 14.3 Å². The van der Waals surface area contributed by atoms with Gasteiger partial charge in [0.25, 0.3) is 5.91 Å². The lowest BCUT2D eigenvalue weighted by Crippen LogP contribution is -2.27. The van der Waals surface area contributed by atoms with Crippen LogP contribution in [0.25, 0.3) is 0 Å².